The van der Waals surface area contributed by atoms with E-state index >= 15 is 0 Å². The highest BCUT2D eigenvalue weighted by Crippen LogP contribution is 2.21. The van der Waals surface area contributed by atoms with Crippen molar-refractivity contribution >= 4 is 11.8 Å². The standard InChI is InChI=1S/C19H22N6O/c1-14(13-26)23-19-24-17(15-5-4-8-20-12-15)11-18(25-19)22-10-7-16-6-2-3-9-21-16/h2-6,8-9,11-12,14,26H,7,10,13H2,1H3,(H2,22,23,24,25)/t14-/m1/s1. The van der Waals surface area contributed by atoms with Crippen LogP contribution in [0.25, 0.3) is 11.3 Å². The number of hydrogen-bond acceptors (Lipinski definition) is 7. The van der Waals surface area contributed by atoms with Crippen LogP contribution in [0.4, 0.5) is 11.8 Å². The zero-order valence-electron chi connectivity index (χ0n) is 14.6. The molecule has 0 aromatic carbocycles. The molecule has 0 bridgehead atoms. The summed E-state index contributed by atoms with van der Waals surface area (Å²) >= 11 is 0. The average Bonchev–Trinajstić information content (AvgIpc) is 2.69. The lowest BCUT2D eigenvalue weighted by molar-refractivity contribution is 0.281. The Morgan fingerprint density at radius 1 is 1.12 bits per heavy atom. The van der Waals surface area contributed by atoms with Crippen LogP contribution in [0.2, 0.25) is 0 Å². The fourth-order valence-corrected chi connectivity index (χ4v) is 2.40. The molecule has 0 aliphatic rings. The molecule has 0 fully saturated rings. The van der Waals surface area contributed by atoms with Gasteiger partial charge in [-0.05, 0) is 31.2 Å². The lowest BCUT2D eigenvalue weighted by atomic mass is 10.2. The number of nitrogens with zero attached hydrogens (tertiary/aromatic N) is 4. The smallest absolute Gasteiger partial charge is 0.225 e. The minimum Gasteiger partial charge on any atom is -0.394 e. The van der Waals surface area contributed by atoms with Crippen LogP contribution in [0, 0.1) is 0 Å². The monoisotopic (exact) mass is 350 g/mol. The Labute approximate surface area is 152 Å². The lowest BCUT2D eigenvalue weighted by Crippen LogP contribution is -2.21. The maximum absolute atomic E-state index is 9.27. The van der Waals surface area contributed by atoms with Gasteiger partial charge in [0.2, 0.25) is 5.95 Å². The van der Waals surface area contributed by atoms with E-state index in [1.165, 1.54) is 0 Å². The molecule has 7 nitrogen and oxygen atoms in total. The number of rotatable bonds is 8. The van der Waals surface area contributed by atoms with Crippen molar-refractivity contribution in [3.63, 3.8) is 0 Å². The molecule has 0 saturated heterocycles. The van der Waals surface area contributed by atoms with Crippen molar-refractivity contribution in [2.45, 2.75) is 19.4 Å². The number of nitrogens with one attached hydrogen (secondary N) is 2. The number of anilines is 2. The molecule has 3 N–H and O–H groups in total. The normalized spacial score (nSPS) is 11.8. The van der Waals surface area contributed by atoms with Crippen molar-refractivity contribution in [1.82, 2.24) is 19.9 Å². The van der Waals surface area contributed by atoms with E-state index < -0.39 is 0 Å². The summed E-state index contributed by atoms with van der Waals surface area (Å²) in [7, 11) is 0. The Balaban J connectivity index is 1.77. The summed E-state index contributed by atoms with van der Waals surface area (Å²) in [6.45, 7) is 2.58. The zero-order valence-corrected chi connectivity index (χ0v) is 14.6. The SMILES string of the molecule is C[C@H](CO)Nc1nc(NCCc2ccccn2)cc(-c2cccnc2)n1. The Bertz CT molecular complexity index is 813. The highest BCUT2D eigenvalue weighted by atomic mass is 16.3. The molecule has 0 unspecified atom stereocenters. The van der Waals surface area contributed by atoms with Gasteiger partial charge in [0.15, 0.2) is 0 Å². The Kier molecular flexibility index (Phi) is 6.05. The molecule has 3 aromatic rings. The van der Waals surface area contributed by atoms with Crippen molar-refractivity contribution in [3.05, 3.63) is 60.7 Å². The summed E-state index contributed by atoms with van der Waals surface area (Å²) in [4.78, 5) is 17.5. The predicted octanol–water partition coefficient (Wildman–Crippen LogP) is 2.38. The molecule has 7 heteroatoms. The van der Waals surface area contributed by atoms with E-state index in [2.05, 4.69) is 30.6 Å². The third kappa shape index (κ3) is 4.97. The second kappa shape index (κ2) is 8.87. The maximum Gasteiger partial charge on any atom is 0.225 e. The first-order valence-corrected chi connectivity index (χ1v) is 8.55. The van der Waals surface area contributed by atoms with E-state index in [-0.39, 0.29) is 12.6 Å². The quantitative estimate of drug-likeness (QED) is 0.574. The van der Waals surface area contributed by atoms with Crippen molar-refractivity contribution in [1.29, 1.82) is 0 Å². The van der Waals surface area contributed by atoms with Crippen molar-refractivity contribution in [2.75, 3.05) is 23.8 Å². The fraction of sp³-hybridized carbons (Fsp3) is 0.263. The van der Waals surface area contributed by atoms with Crippen LogP contribution < -0.4 is 10.6 Å². The van der Waals surface area contributed by atoms with Gasteiger partial charge in [-0.15, -0.1) is 0 Å². The molecule has 0 aliphatic heterocycles. The van der Waals surface area contributed by atoms with E-state index in [0.717, 1.165) is 23.4 Å². The van der Waals surface area contributed by atoms with Crippen LogP contribution in [0.3, 0.4) is 0 Å². The van der Waals surface area contributed by atoms with E-state index in [9.17, 15) is 5.11 Å². The number of aromatic nitrogens is 4. The minimum atomic E-state index is -0.138. The third-order valence-corrected chi connectivity index (χ3v) is 3.75. The van der Waals surface area contributed by atoms with Gasteiger partial charge in [-0.3, -0.25) is 9.97 Å². The Morgan fingerprint density at radius 2 is 2.04 bits per heavy atom. The van der Waals surface area contributed by atoms with Crippen LogP contribution in [-0.4, -0.2) is 44.2 Å². The van der Waals surface area contributed by atoms with Crippen LogP contribution in [-0.2, 0) is 6.42 Å². The molecule has 1 atom stereocenters. The van der Waals surface area contributed by atoms with Gasteiger partial charge in [0.05, 0.1) is 12.3 Å². The van der Waals surface area contributed by atoms with E-state index in [4.69, 9.17) is 0 Å². The molecule has 134 valence electrons. The number of aliphatic hydroxyl groups excluding tert-OH is 1. The highest BCUT2D eigenvalue weighted by Gasteiger charge is 2.09. The van der Waals surface area contributed by atoms with Gasteiger partial charge in [0.1, 0.15) is 5.82 Å². The Hall–Kier alpha value is -3.06. The van der Waals surface area contributed by atoms with Crippen LogP contribution in [0.15, 0.2) is 55.0 Å². The molecule has 26 heavy (non-hydrogen) atoms. The van der Waals surface area contributed by atoms with Gasteiger partial charge in [0.25, 0.3) is 0 Å². The second-order valence-electron chi connectivity index (χ2n) is 5.93. The van der Waals surface area contributed by atoms with Crippen LogP contribution >= 0.6 is 0 Å². The topological polar surface area (TPSA) is 95.8 Å². The minimum absolute atomic E-state index is 0.00290. The molecule has 0 spiro atoms. The fourth-order valence-electron chi connectivity index (χ4n) is 2.40. The van der Waals surface area contributed by atoms with Crippen molar-refractivity contribution in [3.8, 4) is 11.3 Å². The summed E-state index contributed by atoms with van der Waals surface area (Å²) in [5.41, 5.74) is 2.69. The first-order valence-electron chi connectivity index (χ1n) is 8.55. The highest BCUT2D eigenvalue weighted by molar-refractivity contribution is 5.63. The number of pyridine rings is 2. The van der Waals surface area contributed by atoms with E-state index in [1.807, 2.05) is 43.3 Å². The summed E-state index contributed by atoms with van der Waals surface area (Å²) in [6, 6.07) is 11.5. The largest absolute Gasteiger partial charge is 0.394 e. The second-order valence-corrected chi connectivity index (χ2v) is 5.93. The van der Waals surface area contributed by atoms with Crippen molar-refractivity contribution in [2.24, 2.45) is 0 Å². The van der Waals surface area contributed by atoms with Gasteiger partial charge in [-0.25, -0.2) is 4.98 Å². The average molecular weight is 350 g/mol. The molecule has 3 rings (SSSR count). The lowest BCUT2D eigenvalue weighted by Gasteiger charge is -2.14. The Morgan fingerprint density at radius 3 is 2.77 bits per heavy atom. The third-order valence-electron chi connectivity index (χ3n) is 3.75. The molecule has 0 radical (unpaired) electrons. The summed E-state index contributed by atoms with van der Waals surface area (Å²) in [6.07, 6.45) is 6.07. The van der Waals surface area contributed by atoms with Crippen LogP contribution in [0.5, 0.6) is 0 Å². The zero-order chi connectivity index (χ0) is 18.2. The maximum atomic E-state index is 9.27. The molecular weight excluding hydrogens is 328 g/mol. The summed E-state index contributed by atoms with van der Waals surface area (Å²) in [5.74, 6) is 1.18. The molecule has 0 amide bonds. The molecule has 0 aliphatic carbocycles. The van der Waals surface area contributed by atoms with Gasteiger partial charge >= 0.3 is 0 Å². The predicted molar refractivity (Wildman–Crippen MR) is 102 cm³/mol. The number of hydrogen-bond donors (Lipinski definition) is 3. The van der Waals surface area contributed by atoms with Crippen molar-refractivity contribution < 1.29 is 5.11 Å². The molecule has 0 saturated carbocycles. The van der Waals surface area contributed by atoms with E-state index in [1.54, 1.807) is 18.6 Å². The van der Waals surface area contributed by atoms with Gasteiger partial charge in [-0.2, -0.15) is 4.98 Å². The first kappa shape index (κ1) is 17.8. The first-order chi connectivity index (χ1) is 12.7. The van der Waals surface area contributed by atoms with Gasteiger partial charge < -0.3 is 15.7 Å². The molecular formula is C19H22N6O. The summed E-state index contributed by atoms with van der Waals surface area (Å²) in [5, 5.41) is 15.7. The number of aliphatic hydroxyl groups is 1. The van der Waals surface area contributed by atoms with Gasteiger partial charge in [-0.1, -0.05) is 6.07 Å². The van der Waals surface area contributed by atoms with Crippen LogP contribution in [0.1, 0.15) is 12.6 Å². The summed E-state index contributed by atoms with van der Waals surface area (Å²) < 4.78 is 0. The molecule has 3 aromatic heterocycles. The molecule has 3 heterocycles. The van der Waals surface area contributed by atoms with E-state index in [0.29, 0.717) is 18.3 Å². The van der Waals surface area contributed by atoms with Gasteiger partial charge in [0, 0.05) is 54.9 Å².